The predicted molar refractivity (Wildman–Crippen MR) is 245 cm³/mol. The molecule has 3 heteroatoms. The lowest BCUT2D eigenvalue weighted by Crippen LogP contribution is -2.26. The van der Waals surface area contributed by atoms with Gasteiger partial charge in [-0.3, -0.25) is 0 Å². The van der Waals surface area contributed by atoms with Gasteiger partial charge < -0.3 is 0 Å². The van der Waals surface area contributed by atoms with Crippen LogP contribution in [0.15, 0.2) is 146 Å². The topological polar surface area (TPSA) is 0 Å². The van der Waals surface area contributed by atoms with Crippen molar-refractivity contribution >= 4 is 57.6 Å². The van der Waals surface area contributed by atoms with Gasteiger partial charge in [0.1, 0.15) is 0 Å². The summed E-state index contributed by atoms with van der Waals surface area (Å²) < 4.78 is 0. The molecule has 9 rings (SSSR count). The van der Waals surface area contributed by atoms with E-state index < -0.39 is 14.0 Å². The lowest BCUT2D eigenvalue weighted by atomic mass is 9.79. The van der Waals surface area contributed by atoms with Crippen LogP contribution in [0, 0.1) is 27.7 Å². The lowest BCUT2D eigenvalue weighted by molar-refractivity contribution is 0.652. The van der Waals surface area contributed by atoms with Gasteiger partial charge in [-0.05, 0) is 136 Å². The van der Waals surface area contributed by atoms with Crippen molar-refractivity contribution in [3.8, 4) is 22.3 Å². The molecule has 0 bridgehead atoms. The van der Waals surface area contributed by atoms with Crippen molar-refractivity contribution in [1.29, 1.82) is 0 Å². The fourth-order valence-electron chi connectivity index (χ4n) is 9.06. The Hall–Kier alpha value is -4.38. The van der Waals surface area contributed by atoms with Crippen LogP contribution in [0.1, 0.15) is 72.2 Å². The van der Waals surface area contributed by atoms with Crippen molar-refractivity contribution in [3.05, 3.63) is 190 Å². The first kappa shape index (κ1) is 36.3. The quantitative estimate of drug-likeness (QED) is 0.152. The Bertz CT molecular complexity index is 2580. The second-order valence-electron chi connectivity index (χ2n) is 16.9. The fraction of sp³-hybridized carbons (Fsp3) is 0.192. The van der Waals surface area contributed by atoms with Crippen LogP contribution < -0.4 is 31.8 Å². The highest BCUT2D eigenvalue weighted by molar-refractivity contribution is 8.25. The van der Waals surface area contributed by atoms with Crippen molar-refractivity contribution in [1.82, 2.24) is 0 Å². The Labute approximate surface area is 334 Å². The van der Waals surface area contributed by atoms with Gasteiger partial charge in [0.2, 0.25) is 0 Å². The molecule has 272 valence electrons. The summed E-state index contributed by atoms with van der Waals surface area (Å²) >= 11 is 6.88. The second kappa shape index (κ2) is 13.1. The van der Waals surface area contributed by atoms with Crippen molar-refractivity contribution in [2.75, 3.05) is 0 Å². The van der Waals surface area contributed by atoms with E-state index in [1.807, 2.05) is 0 Å². The third kappa shape index (κ3) is 5.77. The Balaban J connectivity index is 1.15. The monoisotopic (exact) mass is 766 g/mol. The van der Waals surface area contributed by atoms with Gasteiger partial charge >= 0.3 is 0 Å². The minimum absolute atomic E-state index is 0.137. The van der Waals surface area contributed by atoms with Crippen molar-refractivity contribution in [2.45, 2.75) is 66.2 Å². The Morgan fingerprint density at radius 1 is 0.364 bits per heavy atom. The Kier molecular flexibility index (Phi) is 8.64. The van der Waals surface area contributed by atoms with E-state index in [1.54, 1.807) is 0 Å². The summed E-state index contributed by atoms with van der Waals surface area (Å²) in [6.07, 6.45) is 0. The highest BCUT2D eigenvalue weighted by atomic mass is 32.4. The van der Waals surface area contributed by atoms with Gasteiger partial charge in [-0.25, -0.2) is 0 Å². The zero-order valence-electron chi connectivity index (χ0n) is 33.2. The smallest absolute Gasteiger partial charge is 0.0379 e. The molecule has 2 aliphatic rings. The number of rotatable bonds is 6. The van der Waals surface area contributed by atoms with Crippen LogP contribution in [0.4, 0.5) is 0 Å². The third-order valence-electron chi connectivity index (χ3n) is 12.4. The molecule has 0 radical (unpaired) electrons. The van der Waals surface area contributed by atoms with Crippen LogP contribution in [-0.4, -0.2) is 0 Å². The van der Waals surface area contributed by atoms with Gasteiger partial charge in [0.15, 0.2) is 0 Å². The van der Waals surface area contributed by atoms with E-state index in [0.717, 1.165) is 0 Å². The molecule has 55 heavy (non-hydrogen) atoms. The first-order chi connectivity index (χ1) is 26.3. The van der Waals surface area contributed by atoms with Gasteiger partial charge in [-0.2, -0.15) is 0 Å². The van der Waals surface area contributed by atoms with Crippen molar-refractivity contribution in [2.24, 2.45) is 0 Å². The molecule has 0 amide bonds. The van der Waals surface area contributed by atoms with Gasteiger partial charge in [0, 0.05) is 16.9 Å². The van der Waals surface area contributed by atoms with E-state index in [0.29, 0.717) is 0 Å². The highest BCUT2D eigenvalue weighted by Crippen LogP contribution is 2.57. The summed E-state index contributed by atoms with van der Waals surface area (Å²) in [5, 5.41) is 7.95. The van der Waals surface area contributed by atoms with E-state index in [9.17, 15) is 0 Å². The molecule has 0 fully saturated rings. The summed E-state index contributed by atoms with van der Waals surface area (Å²) in [5.74, 6) is 0. The predicted octanol–water partition coefficient (Wildman–Crippen LogP) is 11.0. The van der Waals surface area contributed by atoms with Gasteiger partial charge in [0.05, 0.1) is 0 Å². The zero-order chi connectivity index (χ0) is 38.4. The van der Waals surface area contributed by atoms with Crippen LogP contribution in [0.2, 0.25) is 0 Å². The molecular weight excluding hydrogens is 719 g/mol. The molecule has 0 nitrogen and oxygen atoms in total. The number of hydrogen-bond donors (Lipinski definition) is 0. The highest BCUT2D eigenvalue weighted by Gasteiger charge is 2.42. The van der Waals surface area contributed by atoms with E-state index in [-0.39, 0.29) is 10.8 Å². The maximum absolute atomic E-state index is 6.88. The first-order valence-electron chi connectivity index (χ1n) is 19.4. The van der Waals surface area contributed by atoms with E-state index in [4.69, 9.17) is 11.8 Å². The summed E-state index contributed by atoms with van der Waals surface area (Å²) in [6.45, 7) is 18.3. The number of benzene rings is 7. The Morgan fingerprint density at radius 2 is 0.691 bits per heavy atom. The molecule has 0 unspecified atom stereocenters. The van der Waals surface area contributed by atoms with Crippen molar-refractivity contribution < 1.29 is 0 Å². The molecule has 0 atom stereocenters. The number of aryl methyl sites for hydroxylation is 4. The molecule has 0 saturated heterocycles. The zero-order valence-corrected chi connectivity index (χ0v) is 35.8. The van der Waals surface area contributed by atoms with E-state index >= 15 is 0 Å². The average molecular weight is 767 g/mol. The fourth-order valence-corrected chi connectivity index (χ4v) is 15.0. The summed E-state index contributed by atoms with van der Waals surface area (Å²) in [4.78, 5) is 0. The van der Waals surface area contributed by atoms with Crippen LogP contribution in [0.3, 0.4) is 0 Å². The van der Waals surface area contributed by atoms with E-state index in [2.05, 4.69) is 201 Å². The van der Waals surface area contributed by atoms with Gasteiger partial charge in [-0.1, -0.05) is 183 Å². The van der Waals surface area contributed by atoms with E-state index in [1.165, 1.54) is 98.6 Å². The Morgan fingerprint density at radius 3 is 1.13 bits per heavy atom. The lowest BCUT2D eigenvalue weighted by Gasteiger charge is -2.27. The molecule has 0 aromatic heterocycles. The van der Waals surface area contributed by atoms with Crippen LogP contribution >= 0.6 is 14.0 Å². The minimum Gasteiger partial charge on any atom is -0.0826 e. The first-order valence-corrected chi connectivity index (χ1v) is 23.6. The summed E-state index contributed by atoms with van der Waals surface area (Å²) in [6, 6.07) is 53.7. The molecule has 0 spiro atoms. The molecule has 0 N–H and O–H groups in total. The van der Waals surface area contributed by atoms with Crippen molar-refractivity contribution in [3.63, 3.8) is 0 Å². The summed E-state index contributed by atoms with van der Waals surface area (Å²) in [7, 11) is -0.705. The molecule has 0 saturated carbocycles. The van der Waals surface area contributed by atoms with Crippen LogP contribution in [0.5, 0.6) is 0 Å². The normalized spacial score (nSPS) is 14.7. The van der Waals surface area contributed by atoms with Crippen LogP contribution in [0.25, 0.3) is 22.3 Å². The maximum atomic E-state index is 6.88. The molecule has 0 aliphatic heterocycles. The van der Waals surface area contributed by atoms with Crippen LogP contribution in [-0.2, 0) is 22.6 Å². The average Bonchev–Trinajstić information content (AvgIpc) is 3.54. The standard InChI is InChI=1S/C52H48P2S/c1-33-9-17-37(18-10-33)53(38-19-11-34(2)12-20-38)39-21-27-43-45-31-50-46(32-49(45)51(5,6)47(43)29-39)44-28-26-42(30-48(44)52(50,7)8)54(55,40-22-13-35(3)14-23-40)41-24-15-36(4)16-25-41/h9-32H,1-8H3. The third-order valence-corrected chi connectivity index (χ3v) is 19.8. The second-order valence-corrected chi connectivity index (χ2v) is 23.6. The molecule has 7 aromatic rings. The molecular formula is C52H48P2S. The molecule has 7 aromatic carbocycles. The SMILES string of the molecule is Cc1ccc(P(c2ccc(C)cc2)c2ccc3c(c2)C(C)(C)c2cc4c(cc2-3)C(C)(C)c2cc(P(=S)(c3ccc(C)cc3)c3ccc(C)cc3)ccc2-4)cc1. The van der Waals surface area contributed by atoms with Gasteiger partial charge in [0.25, 0.3) is 0 Å². The number of fused-ring (bicyclic) bond motifs is 6. The molecule has 0 heterocycles. The summed E-state index contributed by atoms with van der Waals surface area (Å²) in [5.41, 5.74) is 15.9. The van der Waals surface area contributed by atoms with Gasteiger partial charge in [-0.15, -0.1) is 0 Å². The molecule has 2 aliphatic carbocycles. The minimum atomic E-state index is -2.31. The largest absolute Gasteiger partial charge is 0.0826 e. The number of hydrogen-bond acceptors (Lipinski definition) is 1. The maximum Gasteiger partial charge on any atom is 0.0379 e.